The molecule has 2 N–H and O–H groups in total. The third kappa shape index (κ3) is 4.03. The van der Waals surface area contributed by atoms with Gasteiger partial charge in [0.1, 0.15) is 0 Å². The van der Waals surface area contributed by atoms with Crippen molar-refractivity contribution in [3.8, 4) is 0 Å². The second-order valence-corrected chi connectivity index (χ2v) is 5.31. The van der Waals surface area contributed by atoms with Crippen molar-refractivity contribution in [2.24, 2.45) is 5.92 Å². The fraction of sp³-hybridized carbons (Fsp3) is 0.909. The number of carbonyl (C=O) groups is 1. The predicted molar refractivity (Wildman–Crippen MR) is 66.2 cm³/mol. The van der Waals surface area contributed by atoms with Gasteiger partial charge in [0.15, 0.2) is 0 Å². The molecule has 1 aliphatic rings. The molecule has 1 heterocycles. The SMILES string of the molecule is CSCCC(C)NC(=O)C1CCNC1C. The molecule has 0 radical (unpaired) electrons. The molecule has 0 aromatic carbocycles. The first-order chi connectivity index (χ1) is 7.15. The lowest BCUT2D eigenvalue weighted by molar-refractivity contribution is -0.125. The van der Waals surface area contributed by atoms with Gasteiger partial charge in [-0.1, -0.05) is 0 Å². The van der Waals surface area contributed by atoms with Gasteiger partial charge in [0, 0.05) is 12.1 Å². The van der Waals surface area contributed by atoms with Gasteiger partial charge in [0.2, 0.25) is 5.91 Å². The Bertz CT molecular complexity index is 211. The van der Waals surface area contributed by atoms with Gasteiger partial charge in [0.25, 0.3) is 0 Å². The summed E-state index contributed by atoms with van der Waals surface area (Å²) >= 11 is 1.83. The van der Waals surface area contributed by atoms with Crippen molar-refractivity contribution < 1.29 is 4.79 Å². The molecule has 1 saturated heterocycles. The molecule has 0 aromatic rings. The molecule has 1 rings (SSSR count). The van der Waals surface area contributed by atoms with Crippen LogP contribution >= 0.6 is 11.8 Å². The fourth-order valence-corrected chi connectivity index (χ4v) is 2.52. The summed E-state index contributed by atoms with van der Waals surface area (Å²) in [6.45, 7) is 5.14. The smallest absolute Gasteiger partial charge is 0.224 e. The van der Waals surface area contributed by atoms with E-state index in [0.29, 0.717) is 12.1 Å². The van der Waals surface area contributed by atoms with Gasteiger partial charge >= 0.3 is 0 Å². The van der Waals surface area contributed by atoms with Crippen LogP contribution in [0.4, 0.5) is 0 Å². The molecule has 88 valence electrons. The van der Waals surface area contributed by atoms with Gasteiger partial charge in [0.05, 0.1) is 5.92 Å². The molecule has 0 bridgehead atoms. The topological polar surface area (TPSA) is 41.1 Å². The minimum Gasteiger partial charge on any atom is -0.353 e. The molecule has 3 unspecified atom stereocenters. The zero-order valence-corrected chi connectivity index (χ0v) is 10.7. The van der Waals surface area contributed by atoms with Crippen LogP contribution < -0.4 is 10.6 Å². The van der Waals surface area contributed by atoms with Crippen molar-refractivity contribution in [1.29, 1.82) is 0 Å². The Balaban J connectivity index is 2.28. The number of amides is 1. The Morgan fingerprint density at radius 3 is 2.93 bits per heavy atom. The van der Waals surface area contributed by atoms with Crippen LogP contribution in [0.1, 0.15) is 26.7 Å². The first-order valence-electron chi connectivity index (χ1n) is 5.68. The largest absolute Gasteiger partial charge is 0.353 e. The van der Waals surface area contributed by atoms with Gasteiger partial charge < -0.3 is 10.6 Å². The Hall–Kier alpha value is -0.220. The van der Waals surface area contributed by atoms with Crippen LogP contribution in [-0.4, -0.2) is 36.5 Å². The minimum atomic E-state index is 0.168. The summed E-state index contributed by atoms with van der Waals surface area (Å²) in [5, 5.41) is 6.40. The van der Waals surface area contributed by atoms with Gasteiger partial charge in [-0.25, -0.2) is 0 Å². The fourth-order valence-electron chi connectivity index (χ4n) is 1.93. The summed E-state index contributed by atoms with van der Waals surface area (Å²) < 4.78 is 0. The molecule has 0 aromatic heterocycles. The Morgan fingerprint density at radius 1 is 1.67 bits per heavy atom. The first kappa shape index (κ1) is 12.8. The maximum Gasteiger partial charge on any atom is 0.224 e. The lowest BCUT2D eigenvalue weighted by Gasteiger charge is -2.19. The van der Waals surface area contributed by atoms with Crippen LogP contribution in [0.2, 0.25) is 0 Å². The van der Waals surface area contributed by atoms with Crippen LogP contribution in [0.25, 0.3) is 0 Å². The van der Waals surface area contributed by atoms with Crippen molar-refractivity contribution in [3.05, 3.63) is 0 Å². The second-order valence-electron chi connectivity index (χ2n) is 4.33. The standard InChI is InChI=1S/C11H22N2OS/c1-8(5-7-15-3)13-11(14)10-4-6-12-9(10)2/h8-10,12H,4-7H2,1-3H3,(H,13,14). The molecule has 15 heavy (non-hydrogen) atoms. The molecule has 0 saturated carbocycles. The highest BCUT2D eigenvalue weighted by Crippen LogP contribution is 2.15. The summed E-state index contributed by atoms with van der Waals surface area (Å²) in [6, 6.07) is 0.635. The molecule has 3 atom stereocenters. The van der Waals surface area contributed by atoms with Crippen molar-refractivity contribution in [3.63, 3.8) is 0 Å². The van der Waals surface area contributed by atoms with Gasteiger partial charge in [-0.2, -0.15) is 11.8 Å². The van der Waals surface area contributed by atoms with Gasteiger partial charge in [-0.15, -0.1) is 0 Å². The summed E-state index contributed by atoms with van der Waals surface area (Å²) in [5.74, 6) is 1.50. The third-order valence-corrected chi connectivity index (χ3v) is 3.65. The zero-order chi connectivity index (χ0) is 11.3. The molecule has 1 aliphatic heterocycles. The van der Waals surface area contributed by atoms with Crippen LogP contribution in [0, 0.1) is 5.92 Å². The first-order valence-corrected chi connectivity index (χ1v) is 7.07. The van der Waals surface area contributed by atoms with E-state index in [1.807, 2.05) is 11.8 Å². The van der Waals surface area contributed by atoms with E-state index in [-0.39, 0.29) is 11.8 Å². The van der Waals surface area contributed by atoms with E-state index in [1.54, 1.807) is 0 Å². The van der Waals surface area contributed by atoms with Crippen molar-refractivity contribution in [1.82, 2.24) is 10.6 Å². The van der Waals surface area contributed by atoms with E-state index in [2.05, 4.69) is 30.7 Å². The van der Waals surface area contributed by atoms with Crippen LogP contribution in [-0.2, 0) is 4.79 Å². The molecule has 1 fully saturated rings. The van der Waals surface area contributed by atoms with E-state index in [9.17, 15) is 4.79 Å². The Labute approximate surface area is 96.8 Å². The monoisotopic (exact) mass is 230 g/mol. The van der Waals surface area contributed by atoms with E-state index in [0.717, 1.165) is 25.1 Å². The number of hydrogen-bond donors (Lipinski definition) is 2. The summed E-state index contributed by atoms with van der Waals surface area (Å²) in [7, 11) is 0. The quantitative estimate of drug-likeness (QED) is 0.747. The highest BCUT2D eigenvalue weighted by atomic mass is 32.2. The van der Waals surface area contributed by atoms with Crippen molar-refractivity contribution in [2.75, 3.05) is 18.6 Å². The highest BCUT2D eigenvalue weighted by molar-refractivity contribution is 7.98. The van der Waals surface area contributed by atoms with Crippen LogP contribution in [0.15, 0.2) is 0 Å². The van der Waals surface area contributed by atoms with E-state index in [4.69, 9.17) is 0 Å². The number of rotatable bonds is 5. The average Bonchev–Trinajstić information content (AvgIpc) is 2.61. The molecule has 0 aliphatic carbocycles. The molecule has 3 nitrogen and oxygen atoms in total. The number of thioether (sulfide) groups is 1. The summed E-state index contributed by atoms with van der Waals surface area (Å²) in [5.41, 5.74) is 0. The molecule has 1 amide bonds. The predicted octanol–water partition coefficient (Wildman–Crippen LogP) is 1.24. The second kappa shape index (κ2) is 6.38. The van der Waals surface area contributed by atoms with E-state index >= 15 is 0 Å². The summed E-state index contributed by atoms with van der Waals surface area (Å²) in [6.07, 6.45) is 4.13. The minimum absolute atomic E-state index is 0.168. The zero-order valence-electron chi connectivity index (χ0n) is 9.88. The maximum atomic E-state index is 11.9. The lowest BCUT2D eigenvalue weighted by Crippen LogP contribution is -2.41. The molecular formula is C11H22N2OS. The van der Waals surface area contributed by atoms with Crippen molar-refractivity contribution >= 4 is 17.7 Å². The van der Waals surface area contributed by atoms with Crippen LogP contribution in [0.5, 0.6) is 0 Å². The lowest BCUT2D eigenvalue weighted by atomic mass is 10.0. The Kier molecular flexibility index (Phi) is 5.47. The number of hydrogen-bond acceptors (Lipinski definition) is 3. The van der Waals surface area contributed by atoms with E-state index < -0.39 is 0 Å². The third-order valence-electron chi connectivity index (χ3n) is 3.01. The van der Waals surface area contributed by atoms with Gasteiger partial charge in [-0.3, -0.25) is 4.79 Å². The van der Waals surface area contributed by atoms with Gasteiger partial charge in [-0.05, 0) is 45.2 Å². The normalized spacial score (nSPS) is 27.7. The molecule has 0 spiro atoms. The molecular weight excluding hydrogens is 208 g/mol. The number of carbonyl (C=O) groups excluding carboxylic acids is 1. The number of nitrogens with one attached hydrogen (secondary N) is 2. The summed E-state index contributed by atoms with van der Waals surface area (Å²) in [4.78, 5) is 11.9. The van der Waals surface area contributed by atoms with Crippen LogP contribution in [0.3, 0.4) is 0 Å². The van der Waals surface area contributed by atoms with E-state index in [1.165, 1.54) is 0 Å². The highest BCUT2D eigenvalue weighted by Gasteiger charge is 2.29. The maximum absolute atomic E-state index is 11.9. The molecule has 4 heteroatoms. The Morgan fingerprint density at radius 2 is 2.40 bits per heavy atom. The van der Waals surface area contributed by atoms with Crippen molar-refractivity contribution in [2.45, 2.75) is 38.8 Å². The average molecular weight is 230 g/mol.